The van der Waals surface area contributed by atoms with Crippen LogP contribution in [0.4, 0.5) is 0 Å². The van der Waals surface area contributed by atoms with E-state index in [1.165, 1.54) is 0 Å². The lowest BCUT2D eigenvalue weighted by Gasteiger charge is -2.20. The van der Waals surface area contributed by atoms with Gasteiger partial charge in [0.05, 0.1) is 17.7 Å². The summed E-state index contributed by atoms with van der Waals surface area (Å²) in [6, 6.07) is 9.31. The number of nitrogens with one attached hydrogen (secondary N) is 1. The molecule has 0 aliphatic carbocycles. The second-order valence-corrected chi connectivity index (χ2v) is 6.07. The molecule has 0 amide bonds. The lowest BCUT2D eigenvalue weighted by Crippen LogP contribution is -2.34. The highest BCUT2D eigenvalue weighted by atomic mass is 32.1. The van der Waals surface area contributed by atoms with Gasteiger partial charge in [0.15, 0.2) is 0 Å². The number of aromatic nitrogens is 2. The van der Waals surface area contributed by atoms with Gasteiger partial charge in [-0.15, -0.1) is 11.3 Å². The lowest BCUT2D eigenvalue weighted by atomic mass is 10.0. The zero-order valence-corrected chi connectivity index (χ0v) is 13.0. The van der Waals surface area contributed by atoms with Crippen molar-refractivity contribution < 1.29 is 9.52 Å². The van der Waals surface area contributed by atoms with Gasteiger partial charge in [0.2, 0.25) is 0 Å². The molecule has 0 spiro atoms. The molecule has 3 rings (SSSR count). The molecule has 6 heteroatoms. The Bertz CT molecular complexity index is 708. The number of furan rings is 1. The molecule has 3 aromatic heterocycles. The van der Waals surface area contributed by atoms with E-state index in [1.807, 2.05) is 23.6 Å². The molecule has 0 saturated heterocycles. The number of aliphatic hydroxyl groups is 1. The summed E-state index contributed by atoms with van der Waals surface area (Å²) >= 11 is 1.56. The van der Waals surface area contributed by atoms with Crippen LogP contribution in [0, 0.1) is 0 Å². The molecule has 0 saturated carbocycles. The van der Waals surface area contributed by atoms with E-state index in [0.717, 1.165) is 16.4 Å². The van der Waals surface area contributed by atoms with Gasteiger partial charge in [0, 0.05) is 24.7 Å². The number of rotatable bonds is 6. The summed E-state index contributed by atoms with van der Waals surface area (Å²) in [5.41, 5.74) is 0.769. The fraction of sp³-hybridized carbons (Fsp3) is 0.250. The Morgan fingerprint density at radius 2 is 2.23 bits per heavy atom. The third kappa shape index (κ3) is 3.41. The van der Waals surface area contributed by atoms with Crippen molar-refractivity contribution in [2.24, 2.45) is 0 Å². The number of nitrogens with zero attached hydrogens (tertiary/aromatic N) is 2. The maximum absolute atomic E-state index is 10.4. The first kappa shape index (κ1) is 14.9. The quantitative estimate of drug-likeness (QED) is 0.732. The van der Waals surface area contributed by atoms with Crippen molar-refractivity contribution in [3.63, 3.8) is 0 Å². The van der Waals surface area contributed by atoms with Crippen LogP contribution < -0.4 is 5.32 Å². The molecule has 0 aliphatic heterocycles. The van der Waals surface area contributed by atoms with E-state index in [4.69, 9.17) is 4.42 Å². The van der Waals surface area contributed by atoms with E-state index in [1.54, 1.807) is 42.9 Å². The largest absolute Gasteiger partial charge is 0.466 e. The van der Waals surface area contributed by atoms with Crippen molar-refractivity contribution in [1.82, 2.24) is 15.3 Å². The molecule has 114 valence electrons. The Hall–Kier alpha value is -2.02. The van der Waals surface area contributed by atoms with Crippen LogP contribution in [0.2, 0.25) is 0 Å². The van der Waals surface area contributed by atoms with E-state index >= 15 is 0 Å². The molecule has 5 nitrogen and oxygen atoms in total. The minimum Gasteiger partial charge on any atom is -0.466 e. The second-order valence-electron chi connectivity index (χ2n) is 5.21. The minimum absolute atomic E-state index is 0.386. The number of pyridine rings is 1. The van der Waals surface area contributed by atoms with Crippen LogP contribution in [0.25, 0.3) is 10.7 Å². The van der Waals surface area contributed by atoms with E-state index in [0.29, 0.717) is 18.8 Å². The van der Waals surface area contributed by atoms with Crippen molar-refractivity contribution in [1.29, 1.82) is 0 Å². The predicted octanol–water partition coefficient (Wildman–Crippen LogP) is 2.80. The van der Waals surface area contributed by atoms with Gasteiger partial charge in [0.1, 0.15) is 16.4 Å². The van der Waals surface area contributed by atoms with Crippen LogP contribution in [-0.4, -0.2) is 21.6 Å². The number of hydrogen-bond donors (Lipinski definition) is 2. The molecule has 0 aliphatic rings. The van der Waals surface area contributed by atoms with Gasteiger partial charge in [-0.05, 0) is 31.2 Å². The van der Waals surface area contributed by atoms with Gasteiger partial charge < -0.3 is 14.8 Å². The highest BCUT2D eigenvalue weighted by Crippen LogP contribution is 2.22. The summed E-state index contributed by atoms with van der Waals surface area (Å²) in [6.07, 6.45) is 3.32. The summed E-state index contributed by atoms with van der Waals surface area (Å²) in [6.45, 7) is 2.69. The molecule has 0 aromatic carbocycles. The topological polar surface area (TPSA) is 71.2 Å². The third-order valence-corrected chi connectivity index (χ3v) is 4.18. The highest BCUT2D eigenvalue weighted by molar-refractivity contribution is 7.13. The summed E-state index contributed by atoms with van der Waals surface area (Å²) < 4.78 is 5.25. The Labute approximate surface area is 132 Å². The van der Waals surface area contributed by atoms with Crippen molar-refractivity contribution >= 4 is 11.3 Å². The zero-order valence-electron chi connectivity index (χ0n) is 12.2. The van der Waals surface area contributed by atoms with Gasteiger partial charge in [-0.2, -0.15) is 0 Å². The minimum atomic E-state index is -1.04. The van der Waals surface area contributed by atoms with Crippen LogP contribution >= 0.6 is 11.3 Å². The molecule has 2 N–H and O–H groups in total. The highest BCUT2D eigenvalue weighted by Gasteiger charge is 2.25. The van der Waals surface area contributed by atoms with Crippen molar-refractivity contribution in [2.45, 2.75) is 19.1 Å². The molecule has 0 bridgehead atoms. The van der Waals surface area contributed by atoms with Gasteiger partial charge >= 0.3 is 0 Å². The van der Waals surface area contributed by atoms with Crippen molar-refractivity contribution in [3.8, 4) is 10.7 Å². The van der Waals surface area contributed by atoms with Crippen molar-refractivity contribution in [2.75, 3.05) is 6.54 Å². The summed E-state index contributed by atoms with van der Waals surface area (Å²) in [4.78, 5) is 8.84. The molecular weight excluding hydrogens is 298 g/mol. The molecule has 3 aromatic rings. The first-order chi connectivity index (χ1) is 10.6. The molecule has 1 unspecified atom stereocenters. The molecule has 1 atom stereocenters. The van der Waals surface area contributed by atoms with Crippen LogP contribution in [0.1, 0.15) is 18.4 Å². The van der Waals surface area contributed by atoms with Crippen LogP contribution in [0.15, 0.2) is 52.6 Å². The van der Waals surface area contributed by atoms with E-state index in [-0.39, 0.29) is 0 Å². The predicted molar refractivity (Wildman–Crippen MR) is 85.3 cm³/mol. The van der Waals surface area contributed by atoms with Crippen LogP contribution in [0.3, 0.4) is 0 Å². The Morgan fingerprint density at radius 3 is 2.95 bits per heavy atom. The van der Waals surface area contributed by atoms with E-state index in [2.05, 4.69) is 15.3 Å². The molecular formula is C16H17N3O2S. The summed E-state index contributed by atoms with van der Waals surface area (Å²) in [5.74, 6) is 0.549. The first-order valence-corrected chi connectivity index (χ1v) is 7.86. The Kier molecular flexibility index (Phi) is 4.33. The number of thiazole rings is 1. The monoisotopic (exact) mass is 315 g/mol. The molecule has 3 heterocycles. The normalized spacial score (nSPS) is 13.9. The SMILES string of the molecule is CC(O)(CNCc1csc(-c2ccccn2)n1)c1ccco1. The standard InChI is InChI=1S/C16H17N3O2S/c1-16(20,14-6-4-8-21-14)11-17-9-12-10-22-15(19-12)13-5-2-3-7-18-13/h2-8,10,17,20H,9,11H2,1H3. The zero-order chi connectivity index (χ0) is 15.4. The molecule has 22 heavy (non-hydrogen) atoms. The van der Waals surface area contributed by atoms with Gasteiger partial charge in [-0.25, -0.2) is 4.98 Å². The number of hydrogen-bond acceptors (Lipinski definition) is 6. The van der Waals surface area contributed by atoms with Gasteiger partial charge in [0.25, 0.3) is 0 Å². The smallest absolute Gasteiger partial charge is 0.142 e. The van der Waals surface area contributed by atoms with E-state index in [9.17, 15) is 5.11 Å². The van der Waals surface area contributed by atoms with Gasteiger partial charge in [-0.1, -0.05) is 6.07 Å². The van der Waals surface area contributed by atoms with Crippen LogP contribution in [0.5, 0.6) is 0 Å². The fourth-order valence-electron chi connectivity index (χ4n) is 2.10. The second kappa shape index (κ2) is 6.39. The average Bonchev–Trinajstić information content (AvgIpc) is 3.20. The first-order valence-electron chi connectivity index (χ1n) is 6.98. The maximum Gasteiger partial charge on any atom is 0.142 e. The lowest BCUT2D eigenvalue weighted by molar-refractivity contribution is 0.0340. The summed E-state index contributed by atoms with van der Waals surface area (Å²) in [5, 5.41) is 16.5. The fourth-order valence-corrected chi connectivity index (χ4v) is 2.90. The Balaban J connectivity index is 1.58. The van der Waals surface area contributed by atoms with Gasteiger partial charge in [-0.3, -0.25) is 4.98 Å². The van der Waals surface area contributed by atoms with Crippen molar-refractivity contribution in [3.05, 3.63) is 59.6 Å². The van der Waals surface area contributed by atoms with E-state index < -0.39 is 5.60 Å². The third-order valence-electron chi connectivity index (χ3n) is 3.26. The average molecular weight is 315 g/mol. The van der Waals surface area contributed by atoms with Crippen LogP contribution in [-0.2, 0) is 12.1 Å². The molecule has 0 radical (unpaired) electrons. The summed E-state index contributed by atoms with van der Waals surface area (Å²) in [7, 11) is 0. The maximum atomic E-state index is 10.4. The molecule has 0 fully saturated rings. The Morgan fingerprint density at radius 1 is 1.32 bits per heavy atom.